The lowest BCUT2D eigenvalue weighted by atomic mass is 10.1. The predicted octanol–water partition coefficient (Wildman–Crippen LogP) is 2.85. The minimum atomic E-state index is -0.449. The molecule has 13 heavy (non-hydrogen) atoms. The van der Waals surface area contributed by atoms with Gasteiger partial charge in [-0.05, 0) is 40.7 Å². The highest BCUT2D eigenvalue weighted by Gasteiger charge is 2.17. The third-order valence-electron chi connectivity index (χ3n) is 1.12. The summed E-state index contributed by atoms with van der Waals surface area (Å²) >= 11 is 0. The molecule has 0 aromatic heterocycles. The number of ether oxygens (including phenoxy) is 1. The topological polar surface area (TPSA) is 26.3 Å². The molecular formula is C11H18O2. The summed E-state index contributed by atoms with van der Waals surface area (Å²) in [6.45, 7) is 13.0. The normalized spacial score (nSPS) is 10.5. The van der Waals surface area contributed by atoms with Gasteiger partial charge >= 0.3 is 5.97 Å². The summed E-state index contributed by atoms with van der Waals surface area (Å²) in [5.74, 6) is -0.353. The van der Waals surface area contributed by atoms with Crippen LogP contribution in [0.25, 0.3) is 0 Å². The molecule has 0 aromatic carbocycles. The highest BCUT2D eigenvalue weighted by molar-refractivity contribution is 5.91. The Hall–Kier alpha value is -1.05. The van der Waals surface area contributed by atoms with E-state index in [4.69, 9.17) is 4.74 Å². The smallest absolute Gasteiger partial charge is 0.338 e. The lowest BCUT2D eigenvalue weighted by Crippen LogP contribution is -2.24. The maximum Gasteiger partial charge on any atom is 0.338 e. The van der Waals surface area contributed by atoms with Gasteiger partial charge in [0.1, 0.15) is 5.60 Å². The number of hydrogen-bond acceptors (Lipinski definition) is 2. The molecule has 0 atom stereocenters. The van der Waals surface area contributed by atoms with Crippen LogP contribution in [0.4, 0.5) is 0 Å². The van der Waals surface area contributed by atoms with Gasteiger partial charge in [0.15, 0.2) is 0 Å². The van der Waals surface area contributed by atoms with Crippen LogP contribution in [0.3, 0.4) is 0 Å². The van der Waals surface area contributed by atoms with Crippen LogP contribution in [-0.4, -0.2) is 11.6 Å². The zero-order valence-corrected chi connectivity index (χ0v) is 9.10. The molecule has 0 fully saturated rings. The van der Waals surface area contributed by atoms with Crippen molar-refractivity contribution in [3.63, 3.8) is 0 Å². The van der Waals surface area contributed by atoms with E-state index in [-0.39, 0.29) is 5.97 Å². The van der Waals surface area contributed by atoms with E-state index in [2.05, 4.69) is 6.58 Å². The summed E-state index contributed by atoms with van der Waals surface area (Å²) in [5.41, 5.74) is 0.987. The fraction of sp³-hybridized carbons (Fsp3) is 0.545. The van der Waals surface area contributed by atoms with Gasteiger partial charge < -0.3 is 4.74 Å². The largest absolute Gasteiger partial charge is 0.456 e. The van der Waals surface area contributed by atoms with E-state index in [0.29, 0.717) is 5.57 Å². The Morgan fingerprint density at radius 2 is 1.77 bits per heavy atom. The molecule has 2 nitrogen and oxygen atoms in total. The fourth-order valence-electron chi connectivity index (χ4n) is 0.751. The second kappa shape index (κ2) is 4.26. The first-order chi connectivity index (χ1) is 5.72. The third kappa shape index (κ3) is 6.14. The maximum atomic E-state index is 11.3. The van der Waals surface area contributed by atoms with Gasteiger partial charge in [0.2, 0.25) is 0 Å². The molecule has 0 bridgehead atoms. The van der Waals surface area contributed by atoms with Crippen molar-refractivity contribution in [2.45, 2.75) is 40.2 Å². The van der Waals surface area contributed by atoms with Gasteiger partial charge in [-0.1, -0.05) is 12.2 Å². The van der Waals surface area contributed by atoms with E-state index in [1.54, 1.807) is 6.08 Å². The first kappa shape index (κ1) is 11.9. The Balaban J connectivity index is 4.30. The molecule has 0 saturated carbocycles. The summed E-state index contributed by atoms with van der Waals surface area (Å²) in [6.07, 6.45) is 1.72. The zero-order valence-electron chi connectivity index (χ0n) is 9.10. The van der Waals surface area contributed by atoms with Crippen LogP contribution in [-0.2, 0) is 9.53 Å². The molecule has 0 aliphatic rings. The van der Waals surface area contributed by atoms with Crippen molar-refractivity contribution in [2.75, 3.05) is 0 Å². The van der Waals surface area contributed by atoms with Crippen molar-refractivity contribution in [1.82, 2.24) is 0 Å². The molecule has 74 valence electrons. The first-order valence-electron chi connectivity index (χ1n) is 4.29. The van der Waals surface area contributed by atoms with Crippen LogP contribution in [0.2, 0.25) is 0 Å². The average Bonchev–Trinajstić information content (AvgIpc) is 1.81. The van der Waals surface area contributed by atoms with Crippen LogP contribution >= 0.6 is 0 Å². The lowest BCUT2D eigenvalue weighted by Gasteiger charge is -2.19. The Morgan fingerprint density at radius 3 is 2.08 bits per heavy atom. The molecule has 2 heteroatoms. The van der Waals surface area contributed by atoms with Gasteiger partial charge in [0, 0.05) is 0 Å². The van der Waals surface area contributed by atoms with Crippen LogP contribution in [0.15, 0.2) is 23.8 Å². The minimum Gasteiger partial charge on any atom is -0.456 e. The zero-order chi connectivity index (χ0) is 10.6. The van der Waals surface area contributed by atoms with Crippen LogP contribution in [0.1, 0.15) is 34.6 Å². The van der Waals surface area contributed by atoms with Crippen molar-refractivity contribution in [3.8, 4) is 0 Å². The SMILES string of the molecule is C=C(C=C(C)C)C(=O)OC(C)(C)C. The highest BCUT2D eigenvalue weighted by atomic mass is 16.6. The average molecular weight is 182 g/mol. The standard InChI is InChI=1S/C11H18O2/c1-8(2)7-9(3)10(12)13-11(4,5)6/h7H,3H2,1-2,4-6H3. The molecule has 0 saturated heterocycles. The van der Waals surface area contributed by atoms with E-state index in [1.165, 1.54) is 0 Å². The first-order valence-corrected chi connectivity index (χ1v) is 4.29. The molecule has 0 aliphatic carbocycles. The number of rotatable bonds is 2. The summed E-state index contributed by atoms with van der Waals surface area (Å²) in [6, 6.07) is 0. The molecule has 0 spiro atoms. The molecule has 0 N–H and O–H groups in total. The minimum absolute atomic E-state index is 0.353. The number of hydrogen-bond donors (Lipinski definition) is 0. The van der Waals surface area contributed by atoms with E-state index in [1.807, 2.05) is 34.6 Å². The van der Waals surface area contributed by atoms with Gasteiger partial charge in [0.25, 0.3) is 0 Å². The Kier molecular flexibility index (Phi) is 3.92. The summed E-state index contributed by atoms with van der Waals surface area (Å²) < 4.78 is 5.12. The van der Waals surface area contributed by atoms with Crippen LogP contribution in [0.5, 0.6) is 0 Å². The number of carbonyl (C=O) groups is 1. The van der Waals surface area contributed by atoms with Gasteiger partial charge in [-0.15, -0.1) is 0 Å². The fourth-order valence-corrected chi connectivity index (χ4v) is 0.751. The molecule has 0 unspecified atom stereocenters. The summed E-state index contributed by atoms with van der Waals surface area (Å²) in [5, 5.41) is 0. The van der Waals surface area contributed by atoms with Gasteiger partial charge in [-0.25, -0.2) is 4.79 Å². The van der Waals surface area contributed by atoms with Crippen LogP contribution < -0.4 is 0 Å². The number of allylic oxidation sites excluding steroid dienone is 1. The summed E-state index contributed by atoms with van der Waals surface area (Å²) in [4.78, 5) is 11.3. The number of carbonyl (C=O) groups excluding carboxylic acids is 1. The van der Waals surface area contributed by atoms with Crippen molar-refractivity contribution in [1.29, 1.82) is 0 Å². The van der Waals surface area contributed by atoms with E-state index in [0.717, 1.165) is 5.57 Å². The van der Waals surface area contributed by atoms with Gasteiger partial charge in [-0.3, -0.25) is 0 Å². The molecule has 0 aliphatic heterocycles. The Bertz CT molecular complexity index is 237. The quantitative estimate of drug-likeness (QED) is 0.373. The second-order valence-corrected chi connectivity index (χ2v) is 4.25. The van der Waals surface area contributed by atoms with Gasteiger partial charge in [-0.2, -0.15) is 0 Å². The Labute approximate surface area is 80.3 Å². The third-order valence-corrected chi connectivity index (χ3v) is 1.12. The van der Waals surface area contributed by atoms with E-state index < -0.39 is 5.60 Å². The monoisotopic (exact) mass is 182 g/mol. The van der Waals surface area contributed by atoms with E-state index in [9.17, 15) is 4.79 Å². The second-order valence-electron chi connectivity index (χ2n) is 4.25. The Morgan fingerprint density at radius 1 is 1.31 bits per heavy atom. The molecule has 0 rings (SSSR count). The van der Waals surface area contributed by atoms with E-state index >= 15 is 0 Å². The van der Waals surface area contributed by atoms with Crippen molar-refractivity contribution in [3.05, 3.63) is 23.8 Å². The molecule has 0 amide bonds. The van der Waals surface area contributed by atoms with Crippen molar-refractivity contribution < 1.29 is 9.53 Å². The molecule has 0 heterocycles. The van der Waals surface area contributed by atoms with Crippen molar-refractivity contribution >= 4 is 5.97 Å². The predicted molar refractivity (Wildman–Crippen MR) is 54.4 cm³/mol. The summed E-state index contributed by atoms with van der Waals surface area (Å²) in [7, 11) is 0. The highest BCUT2D eigenvalue weighted by Crippen LogP contribution is 2.11. The molecule has 0 radical (unpaired) electrons. The lowest BCUT2D eigenvalue weighted by molar-refractivity contribution is -0.149. The molecular weight excluding hydrogens is 164 g/mol. The van der Waals surface area contributed by atoms with Crippen LogP contribution in [0, 0.1) is 0 Å². The maximum absolute atomic E-state index is 11.3. The molecule has 0 aromatic rings. The van der Waals surface area contributed by atoms with Gasteiger partial charge in [0.05, 0.1) is 5.57 Å². The number of esters is 1. The van der Waals surface area contributed by atoms with Crippen molar-refractivity contribution in [2.24, 2.45) is 0 Å².